The van der Waals surface area contributed by atoms with Crippen LogP contribution in [0.4, 0.5) is 5.69 Å². The molecule has 1 amide bonds. The molecule has 0 unspecified atom stereocenters. The molecule has 2 aromatic rings. The van der Waals surface area contributed by atoms with E-state index in [-0.39, 0.29) is 12.5 Å². The normalized spacial score (nSPS) is 26.2. The van der Waals surface area contributed by atoms with E-state index in [2.05, 4.69) is 17.5 Å². The maximum absolute atomic E-state index is 13.3. The minimum Gasteiger partial charge on any atom is -0.325 e. The second-order valence-electron chi connectivity index (χ2n) is 6.81. The monoisotopic (exact) mass is 362 g/mol. The second-order valence-corrected chi connectivity index (χ2v) is 7.24. The summed E-state index contributed by atoms with van der Waals surface area (Å²) in [5.74, 6) is -0.314. The summed E-state index contributed by atoms with van der Waals surface area (Å²) in [5, 5.41) is 23.5. The molecule has 0 bridgehead atoms. The molecule has 0 aliphatic carbocycles. The molecule has 4 rings (SSSR count). The number of likely N-dealkylation sites (tertiary alicyclic amines) is 1. The summed E-state index contributed by atoms with van der Waals surface area (Å²) in [6.07, 6.45) is 0. The molecule has 1 N–H and O–H groups in total. The maximum Gasteiger partial charge on any atom is 0.239 e. The van der Waals surface area contributed by atoms with Crippen LogP contribution in [0.3, 0.4) is 0 Å². The number of carbonyl (C=O) groups excluding carboxylic acids is 1. The van der Waals surface area contributed by atoms with Crippen molar-refractivity contribution < 1.29 is 4.79 Å². The first kappa shape index (κ1) is 16.6. The fourth-order valence-electron chi connectivity index (χ4n) is 4.55. The van der Waals surface area contributed by atoms with Gasteiger partial charge in [0.15, 0.2) is 5.41 Å². The van der Waals surface area contributed by atoms with Crippen LogP contribution in [0.1, 0.15) is 17.2 Å². The highest BCUT2D eigenvalue weighted by molar-refractivity contribution is 6.30. The maximum atomic E-state index is 13.3. The van der Waals surface area contributed by atoms with E-state index in [1.54, 1.807) is 18.2 Å². The number of fused-ring (bicyclic) bond motifs is 2. The van der Waals surface area contributed by atoms with Crippen LogP contribution < -0.4 is 5.32 Å². The SMILES string of the molecule is CN1CC(C#N)(C#N)[C@]2(C(=O)Nc3ccccc32)[C@@H]1c1ccc(Cl)cc1. The summed E-state index contributed by atoms with van der Waals surface area (Å²) in [6, 6.07) is 18.4. The molecule has 2 heterocycles. The van der Waals surface area contributed by atoms with Gasteiger partial charge in [0.1, 0.15) is 5.41 Å². The molecule has 128 valence electrons. The number of nitriles is 2. The highest BCUT2D eigenvalue weighted by atomic mass is 35.5. The summed E-state index contributed by atoms with van der Waals surface area (Å²) >= 11 is 6.03. The molecular weight excluding hydrogens is 348 g/mol. The first-order valence-electron chi connectivity index (χ1n) is 8.19. The van der Waals surface area contributed by atoms with Gasteiger partial charge in [-0.05, 0) is 36.4 Å². The van der Waals surface area contributed by atoms with Gasteiger partial charge in [0, 0.05) is 17.3 Å². The third-order valence-corrected chi connectivity index (χ3v) is 5.79. The molecule has 2 aliphatic rings. The van der Waals surface area contributed by atoms with Crippen LogP contribution in [0.15, 0.2) is 48.5 Å². The average molecular weight is 363 g/mol. The first-order valence-corrected chi connectivity index (χ1v) is 8.57. The number of hydrogen-bond donors (Lipinski definition) is 1. The molecule has 0 saturated carbocycles. The van der Waals surface area contributed by atoms with Crippen molar-refractivity contribution in [3.8, 4) is 12.1 Å². The van der Waals surface area contributed by atoms with E-state index >= 15 is 0 Å². The molecule has 0 aromatic heterocycles. The van der Waals surface area contributed by atoms with E-state index < -0.39 is 16.9 Å². The molecule has 0 radical (unpaired) electrons. The van der Waals surface area contributed by atoms with Crippen LogP contribution in [0.5, 0.6) is 0 Å². The molecule has 1 saturated heterocycles. The van der Waals surface area contributed by atoms with Crippen LogP contribution in [0.25, 0.3) is 0 Å². The van der Waals surface area contributed by atoms with Gasteiger partial charge >= 0.3 is 0 Å². The van der Waals surface area contributed by atoms with Crippen molar-refractivity contribution in [1.29, 1.82) is 10.5 Å². The van der Waals surface area contributed by atoms with Crippen molar-refractivity contribution in [3.63, 3.8) is 0 Å². The summed E-state index contributed by atoms with van der Waals surface area (Å²) in [7, 11) is 1.84. The molecule has 2 atom stereocenters. The molecule has 1 fully saturated rings. The van der Waals surface area contributed by atoms with Gasteiger partial charge in [-0.3, -0.25) is 9.69 Å². The Morgan fingerprint density at radius 2 is 1.81 bits per heavy atom. The van der Waals surface area contributed by atoms with Crippen molar-refractivity contribution in [2.24, 2.45) is 5.41 Å². The number of halogens is 1. The summed E-state index contributed by atoms with van der Waals surface area (Å²) in [5.41, 5.74) is -0.617. The highest BCUT2D eigenvalue weighted by Gasteiger charge is 2.71. The van der Waals surface area contributed by atoms with Gasteiger partial charge in [-0.2, -0.15) is 10.5 Å². The van der Waals surface area contributed by atoms with Crippen LogP contribution >= 0.6 is 11.6 Å². The van der Waals surface area contributed by atoms with E-state index in [4.69, 9.17) is 11.6 Å². The summed E-state index contributed by atoms with van der Waals surface area (Å²) in [4.78, 5) is 15.2. The number of amides is 1. The number of likely N-dealkylation sites (N-methyl/N-ethyl adjacent to an activating group) is 1. The van der Waals surface area contributed by atoms with E-state index in [0.717, 1.165) is 5.56 Å². The third kappa shape index (κ3) is 1.85. The molecule has 2 aromatic carbocycles. The van der Waals surface area contributed by atoms with E-state index in [1.165, 1.54) is 0 Å². The molecule has 1 spiro atoms. The van der Waals surface area contributed by atoms with Gasteiger partial charge in [0.2, 0.25) is 5.91 Å². The van der Waals surface area contributed by atoms with Crippen LogP contribution in [-0.4, -0.2) is 24.4 Å². The number of anilines is 1. The minimum absolute atomic E-state index is 0.176. The Hall–Kier alpha value is -2.86. The van der Waals surface area contributed by atoms with Gasteiger partial charge in [0.05, 0.1) is 18.2 Å². The first-order chi connectivity index (χ1) is 12.5. The zero-order chi connectivity index (χ0) is 18.5. The van der Waals surface area contributed by atoms with E-state index in [1.807, 2.05) is 42.3 Å². The summed E-state index contributed by atoms with van der Waals surface area (Å²) < 4.78 is 0. The predicted molar refractivity (Wildman–Crippen MR) is 97.2 cm³/mol. The molecule has 26 heavy (non-hydrogen) atoms. The van der Waals surface area contributed by atoms with Gasteiger partial charge < -0.3 is 5.32 Å². The Kier molecular flexibility index (Phi) is 3.56. The zero-order valence-corrected chi connectivity index (χ0v) is 14.8. The van der Waals surface area contributed by atoms with Crippen molar-refractivity contribution in [2.75, 3.05) is 18.9 Å². The largest absolute Gasteiger partial charge is 0.325 e. The third-order valence-electron chi connectivity index (χ3n) is 5.54. The smallest absolute Gasteiger partial charge is 0.239 e. The molecular formula is C20H15ClN4O. The van der Waals surface area contributed by atoms with Gasteiger partial charge in [-0.15, -0.1) is 0 Å². The Labute approximate surface area is 156 Å². The average Bonchev–Trinajstić information content (AvgIpc) is 3.09. The van der Waals surface area contributed by atoms with Crippen molar-refractivity contribution in [1.82, 2.24) is 4.90 Å². The lowest BCUT2D eigenvalue weighted by Gasteiger charge is -2.36. The van der Waals surface area contributed by atoms with Gasteiger partial charge in [-0.1, -0.05) is 41.9 Å². The van der Waals surface area contributed by atoms with Crippen molar-refractivity contribution in [3.05, 3.63) is 64.7 Å². The topological polar surface area (TPSA) is 79.9 Å². The Bertz CT molecular complexity index is 974. The molecule has 6 heteroatoms. The van der Waals surface area contributed by atoms with E-state index in [9.17, 15) is 15.3 Å². The van der Waals surface area contributed by atoms with Crippen molar-refractivity contribution >= 4 is 23.2 Å². The van der Waals surface area contributed by atoms with E-state index in [0.29, 0.717) is 16.3 Å². The number of nitrogens with one attached hydrogen (secondary N) is 1. The zero-order valence-electron chi connectivity index (χ0n) is 14.0. The highest BCUT2D eigenvalue weighted by Crippen LogP contribution is 2.61. The number of para-hydroxylation sites is 1. The number of carbonyl (C=O) groups is 1. The van der Waals surface area contributed by atoms with Crippen molar-refractivity contribution in [2.45, 2.75) is 11.5 Å². The predicted octanol–water partition coefficient (Wildman–Crippen LogP) is 3.25. The summed E-state index contributed by atoms with van der Waals surface area (Å²) in [6.45, 7) is 0.176. The lowest BCUT2D eigenvalue weighted by Crippen LogP contribution is -2.50. The lowest BCUT2D eigenvalue weighted by atomic mass is 9.59. The Morgan fingerprint density at radius 3 is 2.46 bits per heavy atom. The minimum atomic E-state index is -1.50. The van der Waals surface area contributed by atoms with Crippen LogP contribution in [0, 0.1) is 28.1 Å². The Balaban J connectivity index is 2.06. The van der Waals surface area contributed by atoms with Crippen LogP contribution in [0.2, 0.25) is 5.02 Å². The fraction of sp³-hybridized carbons (Fsp3) is 0.250. The van der Waals surface area contributed by atoms with Crippen LogP contribution in [-0.2, 0) is 10.2 Å². The second kappa shape index (κ2) is 5.57. The number of rotatable bonds is 1. The number of hydrogen-bond acceptors (Lipinski definition) is 4. The lowest BCUT2D eigenvalue weighted by molar-refractivity contribution is -0.123. The number of nitrogens with zero attached hydrogens (tertiary/aromatic N) is 3. The standard InChI is InChI=1S/C20H15ClN4O/c1-25-12-19(10-22,11-23)20(17(25)13-6-8-14(21)9-7-13)15-4-2-3-5-16(15)24-18(20)26/h2-9,17H,12H2,1H3,(H,24,26)/t17-,20-/m0/s1. The van der Waals surface area contributed by atoms with Gasteiger partial charge in [0.25, 0.3) is 0 Å². The quantitative estimate of drug-likeness (QED) is 0.844. The number of benzene rings is 2. The molecule has 5 nitrogen and oxygen atoms in total. The molecule has 2 aliphatic heterocycles. The Morgan fingerprint density at radius 1 is 1.15 bits per heavy atom. The fourth-order valence-corrected chi connectivity index (χ4v) is 4.68. The van der Waals surface area contributed by atoms with Gasteiger partial charge in [-0.25, -0.2) is 0 Å².